The van der Waals surface area contributed by atoms with Gasteiger partial charge >= 0.3 is 5.97 Å². The van der Waals surface area contributed by atoms with Crippen LogP contribution in [0.3, 0.4) is 0 Å². The fourth-order valence-electron chi connectivity index (χ4n) is 1.11. The van der Waals surface area contributed by atoms with Gasteiger partial charge in [0.15, 0.2) is 0 Å². The molecule has 0 unspecified atom stereocenters. The van der Waals surface area contributed by atoms with Crippen LogP contribution in [0.2, 0.25) is 0 Å². The Morgan fingerprint density at radius 1 is 1.27 bits per heavy atom. The van der Waals surface area contributed by atoms with Gasteiger partial charge in [-0.2, -0.15) is 0 Å². The summed E-state index contributed by atoms with van der Waals surface area (Å²) < 4.78 is 4.75. The average molecular weight is 202 g/mol. The second-order valence-electron chi connectivity index (χ2n) is 3.00. The summed E-state index contributed by atoms with van der Waals surface area (Å²) in [5.74, 6) is 5.48. The van der Waals surface area contributed by atoms with Crippen LogP contribution in [0.4, 0.5) is 0 Å². The van der Waals surface area contributed by atoms with Crippen molar-refractivity contribution in [2.75, 3.05) is 6.61 Å². The van der Waals surface area contributed by atoms with Gasteiger partial charge in [-0.25, -0.2) is 0 Å². The highest BCUT2D eigenvalue weighted by atomic mass is 16.5. The lowest BCUT2D eigenvalue weighted by atomic mass is 10.1. The zero-order valence-corrected chi connectivity index (χ0v) is 8.82. The Labute approximate surface area is 90.3 Å². The molecule has 0 spiro atoms. The maximum atomic E-state index is 10.9. The largest absolute Gasteiger partial charge is 0.465 e. The van der Waals surface area contributed by atoms with E-state index in [9.17, 15) is 4.79 Å². The SMILES string of the molecule is CCOC(=O)CC#CCc1ccccc1. The van der Waals surface area contributed by atoms with Crippen molar-refractivity contribution in [3.05, 3.63) is 35.9 Å². The molecule has 0 amide bonds. The lowest BCUT2D eigenvalue weighted by Gasteiger charge is -1.95. The summed E-state index contributed by atoms with van der Waals surface area (Å²) in [5, 5.41) is 0. The summed E-state index contributed by atoms with van der Waals surface area (Å²) in [4.78, 5) is 10.9. The van der Waals surface area contributed by atoms with Crippen molar-refractivity contribution in [1.82, 2.24) is 0 Å². The van der Waals surface area contributed by atoms with E-state index in [1.165, 1.54) is 0 Å². The Balaban J connectivity index is 2.31. The number of hydrogen-bond donors (Lipinski definition) is 0. The first-order valence-corrected chi connectivity index (χ1v) is 4.98. The lowest BCUT2D eigenvalue weighted by molar-refractivity contribution is -0.141. The highest BCUT2D eigenvalue weighted by Crippen LogP contribution is 1.97. The number of carbonyl (C=O) groups is 1. The van der Waals surface area contributed by atoms with Crippen LogP contribution in [0.25, 0.3) is 0 Å². The Kier molecular flexibility index (Phi) is 5.03. The third-order valence-corrected chi connectivity index (χ3v) is 1.80. The highest BCUT2D eigenvalue weighted by molar-refractivity contribution is 5.72. The van der Waals surface area contributed by atoms with Crippen LogP contribution < -0.4 is 0 Å². The predicted octanol–water partition coefficient (Wildman–Crippen LogP) is 2.19. The van der Waals surface area contributed by atoms with E-state index in [2.05, 4.69) is 11.8 Å². The zero-order chi connectivity index (χ0) is 10.9. The fraction of sp³-hybridized carbons (Fsp3) is 0.308. The minimum atomic E-state index is -0.252. The molecule has 78 valence electrons. The average Bonchev–Trinajstić information content (AvgIpc) is 2.26. The molecule has 0 atom stereocenters. The summed E-state index contributed by atoms with van der Waals surface area (Å²) in [5.41, 5.74) is 1.16. The van der Waals surface area contributed by atoms with E-state index in [1.807, 2.05) is 30.3 Å². The molecule has 15 heavy (non-hydrogen) atoms. The Morgan fingerprint density at radius 3 is 2.67 bits per heavy atom. The molecule has 1 aromatic carbocycles. The van der Waals surface area contributed by atoms with Crippen LogP contribution in [0.15, 0.2) is 30.3 Å². The molecular formula is C13H14O2. The molecule has 0 radical (unpaired) electrons. The van der Waals surface area contributed by atoms with Crippen molar-refractivity contribution in [1.29, 1.82) is 0 Å². The van der Waals surface area contributed by atoms with Gasteiger partial charge in [0.25, 0.3) is 0 Å². The molecule has 0 aliphatic rings. The third kappa shape index (κ3) is 4.87. The zero-order valence-electron chi connectivity index (χ0n) is 8.82. The molecule has 1 rings (SSSR count). The molecule has 0 saturated carbocycles. The molecule has 0 aromatic heterocycles. The monoisotopic (exact) mass is 202 g/mol. The number of rotatable bonds is 3. The van der Waals surface area contributed by atoms with Crippen molar-refractivity contribution in [3.63, 3.8) is 0 Å². The molecule has 0 fully saturated rings. The van der Waals surface area contributed by atoms with E-state index in [-0.39, 0.29) is 12.4 Å². The van der Waals surface area contributed by atoms with Gasteiger partial charge in [0.1, 0.15) is 6.42 Å². The minimum Gasteiger partial charge on any atom is -0.465 e. The summed E-state index contributed by atoms with van der Waals surface area (Å²) in [6.45, 7) is 2.20. The van der Waals surface area contributed by atoms with Crippen molar-refractivity contribution in [3.8, 4) is 11.8 Å². The molecule has 2 nitrogen and oxygen atoms in total. The number of ether oxygens (including phenoxy) is 1. The Bertz CT molecular complexity index is 357. The molecule has 1 aromatic rings. The summed E-state index contributed by atoms with van der Waals surface area (Å²) in [7, 11) is 0. The standard InChI is InChI=1S/C13H14O2/c1-2-15-13(14)11-7-6-10-12-8-4-3-5-9-12/h3-5,8-9H,2,10-11H2,1H3. The third-order valence-electron chi connectivity index (χ3n) is 1.80. The van der Waals surface area contributed by atoms with Crippen LogP contribution in [0, 0.1) is 11.8 Å². The van der Waals surface area contributed by atoms with E-state index < -0.39 is 0 Å². The molecule has 2 heteroatoms. The molecule has 0 heterocycles. The number of esters is 1. The van der Waals surface area contributed by atoms with Gasteiger partial charge in [0.2, 0.25) is 0 Å². The predicted molar refractivity (Wildman–Crippen MR) is 59.2 cm³/mol. The van der Waals surface area contributed by atoms with Gasteiger partial charge in [-0.1, -0.05) is 42.2 Å². The van der Waals surface area contributed by atoms with Gasteiger partial charge in [-0.3, -0.25) is 4.79 Å². The molecule has 0 N–H and O–H groups in total. The van der Waals surface area contributed by atoms with Crippen molar-refractivity contribution >= 4 is 5.97 Å². The van der Waals surface area contributed by atoms with Gasteiger partial charge in [0.05, 0.1) is 6.61 Å². The Morgan fingerprint density at radius 2 is 2.00 bits per heavy atom. The van der Waals surface area contributed by atoms with E-state index >= 15 is 0 Å². The van der Waals surface area contributed by atoms with Gasteiger partial charge < -0.3 is 4.74 Å². The van der Waals surface area contributed by atoms with Crippen LogP contribution in [0.1, 0.15) is 18.9 Å². The van der Waals surface area contributed by atoms with E-state index in [0.717, 1.165) is 5.56 Å². The second kappa shape index (κ2) is 6.67. The molecule has 0 aliphatic heterocycles. The van der Waals surface area contributed by atoms with Gasteiger partial charge in [0, 0.05) is 6.42 Å². The summed E-state index contributed by atoms with van der Waals surface area (Å²) in [6, 6.07) is 9.94. The Hall–Kier alpha value is -1.75. The first kappa shape index (κ1) is 11.3. The molecule has 0 bridgehead atoms. The van der Waals surface area contributed by atoms with Gasteiger partial charge in [-0.05, 0) is 12.5 Å². The molecule has 0 saturated heterocycles. The van der Waals surface area contributed by atoms with Crippen molar-refractivity contribution in [2.24, 2.45) is 0 Å². The van der Waals surface area contributed by atoms with Crippen LogP contribution in [0.5, 0.6) is 0 Å². The number of hydrogen-bond acceptors (Lipinski definition) is 2. The van der Waals surface area contributed by atoms with Crippen molar-refractivity contribution in [2.45, 2.75) is 19.8 Å². The first-order chi connectivity index (χ1) is 7.33. The maximum absolute atomic E-state index is 10.9. The molecular weight excluding hydrogens is 188 g/mol. The van der Waals surface area contributed by atoms with Crippen LogP contribution in [-0.2, 0) is 16.0 Å². The van der Waals surface area contributed by atoms with Crippen LogP contribution in [-0.4, -0.2) is 12.6 Å². The number of benzene rings is 1. The normalized spacial score (nSPS) is 8.87. The van der Waals surface area contributed by atoms with Gasteiger partial charge in [-0.15, -0.1) is 0 Å². The van der Waals surface area contributed by atoms with Crippen molar-refractivity contribution < 1.29 is 9.53 Å². The number of carbonyl (C=O) groups excluding carboxylic acids is 1. The summed E-state index contributed by atoms with van der Waals surface area (Å²) >= 11 is 0. The fourth-order valence-corrected chi connectivity index (χ4v) is 1.11. The van der Waals surface area contributed by atoms with E-state index in [4.69, 9.17) is 4.74 Å². The smallest absolute Gasteiger partial charge is 0.317 e. The summed E-state index contributed by atoms with van der Waals surface area (Å²) in [6.07, 6.45) is 0.862. The minimum absolute atomic E-state index is 0.181. The topological polar surface area (TPSA) is 26.3 Å². The van der Waals surface area contributed by atoms with E-state index in [0.29, 0.717) is 13.0 Å². The maximum Gasteiger partial charge on any atom is 0.317 e. The quantitative estimate of drug-likeness (QED) is 0.554. The molecule has 0 aliphatic carbocycles. The van der Waals surface area contributed by atoms with Crippen LogP contribution >= 0.6 is 0 Å². The highest BCUT2D eigenvalue weighted by Gasteiger charge is 1.95. The lowest BCUT2D eigenvalue weighted by Crippen LogP contribution is -2.01. The van der Waals surface area contributed by atoms with E-state index in [1.54, 1.807) is 6.92 Å². The second-order valence-corrected chi connectivity index (χ2v) is 3.00. The first-order valence-electron chi connectivity index (χ1n) is 4.98.